The number of methoxy groups -OCH3 is 2. The fourth-order valence-electron chi connectivity index (χ4n) is 1.32. The number of carboxylic acids is 1. The highest BCUT2D eigenvalue weighted by Crippen LogP contribution is 2.26. The average molecular weight is 293 g/mol. The number of aromatic nitrogens is 3. The molecule has 2 aromatic rings. The minimum Gasteiger partial charge on any atom is -0.478 e. The Balaban J connectivity index is 2.22. The SMILES string of the molecule is COc1nc(OC)nc(Sc2ccc(C(=O)O)cc2)n1. The number of carboxylic acid groups (broad SMARTS) is 1. The fourth-order valence-corrected chi connectivity index (χ4v) is 2.05. The third kappa shape index (κ3) is 3.35. The number of aromatic carboxylic acids is 1. The number of benzene rings is 1. The molecule has 104 valence electrons. The molecule has 0 radical (unpaired) electrons. The maximum Gasteiger partial charge on any atom is 0.335 e. The Bertz CT molecular complexity index is 596. The molecule has 0 saturated heterocycles. The zero-order valence-electron chi connectivity index (χ0n) is 10.7. The van der Waals surface area contributed by atoms with Crippen LogP contribution in [0.2, 0.25) is 0 Å². The molecule has 1 aromatic heterocycles. The first kappa shape index (κ1) is 14.1. The molecule has 0 aliphatic heterocycles. The number of ether oxygens (including phenoxy) is 2. The van der Waals surface area contributed by atoms with Gasteiger partial charge >= 0.3 is 18.0 Å². The molecule has 0 unspecified atom stereocenters. The number of hydrogen-bond donors (Lipinski definition) is 1. The summed E-state index contributed by atoms with van der Waals surface area (Å²) in [6, 6.07) is 6.69. The largest absolute Gasteiger partial charge is 0.478 e. The average Bonchev–Trinajstić information content (AvgIpc) is 2.47. The molecular formula is C12H11N3O4S. The number of carbonyl (C=O) groups is 1. The van der Waals surface area contributed by atoms with Crippen molar-refractivity contribution in [2.24, 2.45) is 0 Å². The Morgan fingerprint density at radius 3 is 2.05 bits per heavy atom. The van der Waals surface area contributed by atoms with Gasteiger partial charge in [-0.1, -0.05) is 0 Å². The van der Waals surface area contributed by atoms with Crippen LogP contribution in [0.4, 0.5) is 0 Å². The lowest BCUT2D eigenvalue weighted by Crippen LogP contribution is -2.00. The van der Waals surface area contributed by atoms with Crippen molar-refractivity contribution in [2.75, 3.05) is 14.2 Å². The Kier molecular flexibility index (Phi) is 4.36. The lowest BCUT2D eigenvalue weighted by molar-refractivity contribution is 0.0697. The van der Waals surface area contributed by atoms with E-state index in [4.69, 9.17) is 14.6 Å². The van der Waals surface area contributed by atoms with E-state index in [1.54, 1.807) is 12.1 Å². The zero-order chi connectivity index (χ0) is 14.5. The van der Waals surface area contributed by atoms with E-state index in [0.29, 0.717) is 5.16 Å². The first-order valence-corrected chi connectivity index (χ1v) is 6.29. The highest BCUT2D eigenvalue weighted by molar-refractivity contribution is 7.99. The normalized spacial score (nSPS) is 10.1. The Morgan fingerprint density at radius 2 is 1.60 bits per heavy atom. The van der Waals surface area contributed by atoms with Crippen molar-refractivity contribution in [1.29, 1.82) is 0 Å². The summed E-state index contributed by atoms with van der Waals surface area (Å²) in [5.41, 5.74) is 0.222. The molecule has 0 fully saturated rings. The molecule has 0 atom stereocenters. The van der Waals surface area contributed by atoms with Crippen molar-refractivity contribution >= 4 is 17.7 Å². The summed E-state index contributed by atoms with van der Waals surface area (Å²) in [6.45, 7) is 0. The van der Waals surface area contributed by atoms with Crippen molar-refractivity contribution in [2.45, 2.75) is 10.1 Å². The molecule has 7 nitrogen and oxygen atoms in total. The highest BCUT2D eigenvalue weighted by atomic mass is 32.2. The quantitative estimate of drug-likeness (QED) is 0.890. The second-order valence-electron chi connectivity index (χ2n) is 3.52. The second kappa shape index (κ2) is 6.20. The smallest absolute Gasteiger partial charge is 0.335 e. The van der Waals surface area contributed by atoms with Gasteiger partial charge in [-0.15, -0.1) is 4.98 Å². The Morgan fingerprint density at radius 1 is 1.05 bits per heavy atom. The summed E-state index contributed by atoms with van der Waals surface area (Å²) < 4.78 is 9.90. The van der Waals surface area contributed by atoms with Crippen LogP contribution < -0.4 is 9.47 Å². The van der Waals surface area contributed by atoms with Gasteiger partial charge in [0.15, 0.2) is 0 Å². The van der Waals surface area contributed by atoms with Gasteiger partial charge in [-0.05, 0) is 36.0 Å². The van der Waals surface area contributed by atoms with Gasteiger partial charge in [-0.25, -0.2) is 4.79 Å². The van der Waals surface area contributed by atoms with Gasteiger partial charge in [0.25, 0.3) is 0 Å². The van der Waals surface area contributed by atoms with Crippen molar-refractivity contribution in [3.63, 3.8) is 0 Å². The molecule has 0 spiro atoms. The summed E-state index contributed by atoms with van der Waals surface area (Å²) in [5.74, 6) is -0.968. The molecule has 0 bridgehead atoms. The minimum absolute atomic E-state index is 0.154. The van der Waals surface area contributed by atoms with Crippen molar-refractivity contribution in [3.05, 3.63) is 29.8 Å². The zero-order valence-corrected chi connectivity index (χ0v) is 11.5. The molecule has 8 heteroatoms. The summed E-state index contributed by atoms with van der Waals surface area (Å²) >= 11 is 1.25. The topological polar surface area (TPSA) is 94.4 Å². The fraction of sp³-hybridized carbons (Fsp3) is 0.167. The lowest BCUT2D eigenvalue weighted by atomic mass is 10.2. The number of hydrogen-bond acceptors (Lipinski definition) is 7. The molecule has 0 amide bonds. The van der Waals surface area contributed by atoms with E-state index >= 15 is 0 Å². The van der Waals surface area contributed by atoms with Gasteiger partial charge in [0.2, 0.25) is 5.16 Å². The third-order valence-corrected chi connectivity index (χ3v) is 3.12. The van der Waals surface area contributed by atoms with Crippen molar-refractivity contribution in [3.8, 4) is 12.0 Å². The highest BCUT2D eigenvalue weighted by Gasteiger charge is 2.09. The molecule has 0 aliphatic rings. The van der Waals surface area contributed by atoms with Crippen LogP contribution in [0.15, 0.2) is 34.3 Å². The standard InChI is InChI=1S/C12H11N3O4S/c1-18-10-13-11(19-2)15-12(14-10)20-8-5-3-7(4-6-8)9(16)17/h3-6H,1-2H3,(H,16,17). The van der Waals surface area contributed by atoms with Crippen LogP contribution in [-0.2, 0) is 0 Å². The summed E-state index contributed by atoms with van der Waals surface area (Å²) in [4.78, 5) is 23.6. The van der Waals surface area contributed by atoms with Crippen LogP contribution in [-0.4, -0.2) is 40.2 Å². The maximum absolute atomic E-state index is 10.8. The maximum atomic E-state index is 10.8. The van der Waals surface area contributed by atoms with E-state index in [1.165, 1.54) is 38.1 Å². The van der Waals surface area contributed by atoms with Gasteiger partial charge < -0.3 is 14.6 Å². The van der Waals surface area contributed by atoms with Crippen LogP contribution in [0.25, 0.3) is 0 Å². The minimum atomic E-state index is -0.968. The van der Waals surface area contributed by atoms with Crippen LogP contribution >= 0.6 is 11.8 Å². The van der Waals surface area contributed by atoms with Crippen LogP contribution in [0, 0.1) is 0 Å². The van der Waals surface area contributed by atoms with Gasteiger partial charge in [-0.3, -0.25) is 0 Å². The molecule has 20 heavy (non-hydrogen) atoms. The first-order chi connectivity index (χ1) is 9.62. The Hall–Kier alpha value is -2.35. The summed E-state index contributed by atoms with van der Waals surface area (Å²) in [6.07, 6.45) is 0. The van der Waals surface area contributed by atoms with Crippen LogP contribution in [0.1, 0.15) is 10.4 Å². The van der Waals surface area contributed by atoms with Gasteiger partial charge in [0.1, 0.15) is 0 Å². The predicted molar refractivity (Wildman–Crippen MR) is 70.5 cm³/mol. The van der Waals surface area contributed by atoms with E-state index in [1.807, 2.05) is 0 Å². The molecular weight excluding hydrogens is 282 g/mol. The third-order valence-electron chi connectivity index (χ3n) is 2.25. The van der Waals surface area contributed by atoms with Crippen molar-refractivity contribution in [1.82, 2.24) is 15.0 Å². The Labute approximate surface area is 119 Å². The number of nitrogens with zero attached hydrogens (tertiary/aromatic N) is 3. The second-order valence-corrected chi connectivity index (χ2v) is 4.56. The first-order valence-electron chi connectivity index (χ1n) is 5.47. The van der Waals surface area contributed by atoms with Crippen molar-refractivity contribution < 1.29 is 19.4 Å². The van der Waals surface area contributed by atoms with Gasteiger partial charge in [-0.2, -0.15) is 9.97 Å². The molecule has 1 aromatic carbocycles. The van der Waals surface area contributed by atoms with E-state index < -0.39 is 5.97 Å². The predicted octanol–water partition coefficient (Wildman–Crippen LogP) is 1.74. The summed E-state index contributed by atoms with van der Waals surface area (Å²) in [7, 11) is 2.90. The van der Waals surface area contributed by atoms with E-state index in [0.717, 1.165) is 4.90 Å². The van der Waals surface area contributed by atoms with Gasteiger partial charge in [0.05, 0.1) is 19.8 Å². The van der Waals surface area contributed by atoms with Gasteiger partial charge in [0, 0.05) is 4.90 Å². The molecule has 2 rings (SSSR count). The van der Waals surface area contributed by atoms with Crippen LogP contribution in [0.5, 0.6) is 12.0 Å². The monoisotopic (exact) mass is 293 g/mol. The lowest BCUT2D eigenvalue weighted by Gasteiger charge is -2.04. The van der Waals surface area contributed by atoms with Crippen LogP contribution in [0.3, 0.4) is 0 Å². The molecule has 0 saturated carbocycles. The van der Waals surface area contributed by atoms with E-state index in [9.17, 15) is 4.79 Å². The van der Waals surface area contributed by atoms with E-state index in [-0.39, 0.29) is 17.6 Å². The molecule has 1 N–H and O–H groups in total. The number of rotatable bonds is 5. The summed E-state index contributed by atoms with van der Waals surface area (Å²) in [5, 5.41) is 9.23. The molecule has 0 aliphatic carbocycles. The molecule has 1 heterocycles. The van der Waals surface area contributed by atoms with E-state index in [2.05, 4.69) is 15.0 Å².